The summed E-state index contributed by atoms with van der Waals surface area (Å²) in [5, 5.41) is 6.38. The van der Waals surface area contributed by atoms with E-state index in [2.05, 4.69) is 15.8 Å². The first-order valence-electron chi connectivity index (χ1n) is 8.56. The van der Waals surface area contributed by atoms with Gasteiger partial charge in [0.2, 0.25) is 0 Å². The zero-order valence-corrected chi connectivity index (χ0v) is 16.6. The minimum Gasteiger partial charge on any atom is -0.497 e. The number of nitrogens with one attached hydrogen (secondary N) is 2. The number of methoxy groups -OCH3 is 4. The van der Waals surface area contributed by atoms with Gasteiger partial charge >= 0.3 is 0 Å². The molecule has 9 heteroatoms. The number of benzene rings is 2. The quantitative estimate of drug-likeness (QED) is 0.488. The van der Waals surface area contributed by atoms with Crippen molar-refractivity contribution in [1.82, 2.24) is 10.7 Å². The molecule has 154 valence electrons. The normalized spacial score (nSPS) is 10.3. The van der Waals surface area contributed by atoms with Crippen LogP contribution in [-0.4, -0.2) is 53.0 Å². The highest BCUT2D eigenvalue weighted by atomic mass is 16.5. The van der Waals surface area contributed by atoms with Crippen molar-refractivity contribution in [3.8, 4) is 23.0 Å². The molecule has 0 spiro atoms. The predicted molar refractivity (Wildman–Crippen MR) is 107 cm³/mol. The summed E-state index contributed by atoms with van der Waals surface area (Å²) in [5.41, 5.74) is 3.36. The lowest BCUT2D eigenvalue weighted by molar-refractivity contribution is -0.120. The van der Waals surface area contributed by atoms with Crippen LogP contribution in [0.1, 0.15) is 15.9 Å². The molecule has 0 saturated carbocycles. The lowest BCUT2D eigenvalue weighted by Crippen LogP contribution is -2.34. The third-order valence-corrected chi connectivity index (χ3v) is 3.83. The van der Waals surface area contributed by atoms with Crippen LogP contribution < -0.4 is 29.7 Å². The Kier molecular flexibility index (Phi) is 7.84. The molecule has 9 nitrogen and oxygen atoms in total. The summed E-state index contributed by atoms with van der Waals surface area (Å²) < 4.78 is 20.6. The number of hydrogen-bond acceptors (Lipinski definition) is 7. The maximum absolute atomic E-state index is 12.2. The van der Waals surface area contributed by atoms with Crippen LogP contribution in [0.25, 0.3) is 0 Å². The minimum atomic E-state index is -0.482. The molecule has 2 aromatic carbocycles. The maximum atomic E-state index is 12.2. The third kappa shape index (κ3) is 6.13. The summed E-state index contributed by atoms with van der Waals surface area (Å²) in [6.45, 7) is -0.248. The van der Waals surface area contributed by atoms with E-state index in [1.165, 1.54) is 27.5 Å². The van der Waals surface area contributed by atoms with E-state index in [-0.39, 0.29) is 6.54 Å². The average Bonchev–Trinajstić information content (AvgIpc) is 2.76. The minimum absolute atomic E-state index is 0.248. The molecular weight excluding hydrogens is 378 g/mol. The van der Waals surface area contributed by atoms with Gasteiger partial charge in [0.05, 0.1) is 41.2 Å². The molecule has 2 aromatic rings. The summed E-state index contributed by atoms with van der Waals surface area (Å²) >= 11 is 0. The van der Waals surface area contributed by atoms with Gasteiger partial charge in [-0.1, -0.05) is 0 Å². The van der Waals surface area contributed by atoms with E-state index >= 15 is 0 Å². The van der Waals surface area contributed by atoms with E-state index < -0.39 is 11.8 Å². The molecule has 0 fully saturated rings. The fourth-order valence-electron chi connectivity index (χ4n) is 2.35. The van der Waals surface area contributed by atoms with Gasteiger partial charge in [-0.3, -0.25) is 9.59 Å². The Labute approximate surface area is 168 Å². The molecule has 29 heavy (non-hydrogen) atoms. The van der Waals surface area contributed by atoms with E-state index in [9.17, 15) is 9.59 Å². The van der Waals surface area contributed by atoms with Crippen LogP contribution in [0.3, 0.4) is 0 Å². The number of carbonyl (C=O) groups is 2. The zero-order chi connectivity index (χ0) is 21.2. The van der Waals surface area contributed by atoms with Gasteiger partial charge in [0.1, 0.15) is 11.5 Å². The van der Waals surface area contributed by atoms with Crippen LogP contribution in [0, 0.1) is 0 Å². The topological polar surface area (TPSA) is 107 Å². The largest absolute Gasteiger partial charge is 0.497 e. The zero-order valence-electron chi connectivity index (χ0n) is 16.6. The number of hydrogen-bond donors (Lipinski definition) is 2. The third-order valence-electron chi connectivity index (χ3n) is 3.83. The lowest BCUT2D eigenvalue weighted by Gasteiger charge is -2.09. The fraction of sp³-hybridized carbons (Fsp3) is 0.250. The monoisotopic (exact) mass is 401 g/mol. The molecule has 0 aromatic heterocycles. The molecule has 0 atom stereocenters. The van der Waals surface area contributed by atoms with Gasteiger partial charge in [-0.25, -0.2) is 5.43 Å². The van der Waals surface area contributed by atoms with E-state index in [1.54, 1.807) is 43.5 Å². The molecule has 0 unspecified atom stereocenters. The van der Waals surface area contributed by atoms with E-state index in [4.69, 9.17) is 18.9 Å². The summed E-state index contributed by atoms with van der Waals surface area (Å²) in [7, 11) is 6.05. The van der Waals surface area contributed by atoms with E-state index in [0.717, 1.165) is 0 Å². The lowest BCUT2D eigenvalue weighted by atomic mass is 10.2. The molecule has 2 amide bonds. The Balaban J connectivity index is 1.90. The molecule has 0 radical (unpaired) electrons. The number of ether oxygens (including phenoxy) is 4. The Morgan fingerprint density at radius 2 is 1.55 bits per heavy atom. The van der Waals surface area contributed by atoms with Crippen molar-refractivity contribution in [3.05, 3.63) is 47.5 Å². The van der Waals surface area contributed by atoms with Crippen LogP contribution in [0.2, 0.25) is 0 Å². The second kappa shape index (κ2) is 10.5. The summed E-state index contributed by atoms with van der Waals surface area (Å²) in [5.74, 6) is 1.15. The van der Waals surface area contributed by atoms with Gasteiger partial charge in [-0.15, -0.1) is 0 Å². The number of rotatable bonds is 9. The molecule has 0 aliphatic heterocycles. The van der Waals surface area contributed by atoms with Crippen molar-refractivity contribution in [2.45, 2.75) is 0 Å². The SMILES string of the molecule is COc1cc(OC)cc(C(=O)NCC(=O)N/N=C\c2ccc(OC)c(OC)c2)c1. The van der Waals surface area contributed by atoms with Crippen molar-refractivity contribution in [2.24, 2.45) is 5.10 Å². The van der Waals surface area contributed by atoms with Crippen molar-refractivity contribution < 1.29 is 28.5 Å². The molecule has 0 bridgehead atoms. The highest BCUT2D eigenvalue weighted by Crippen LogP contribution is 2.26. The van der Waals surface area contributed by atoms with Crippen molar-refractivity contribution in [1.29, 1.82) is 0 Å². The van der Waals surface area contributed by atoms with Crippen molar-refractivity contribution in [2.75, 3.05) is 35.0 Å². The van der Waals surface area contributed by atoms with Gasteiger partial charge in [-0.2, -0.15) is 5.10 Å². The highest BCUT2D eigenvalue weighted by molar-refractivity contribution is 5.97. The number of hydrazone groups is 1. The summed E-state index contributed by atoms with van der Waals surface area (Å²) in [6.07, 6.45) is 1.45. The van der Waals surface area contributed by atoms with Gasteiger partial charge in [-0.05, 0) is 35.9 Å². The van der Waals surface area contributed by atoms with Crippen LogP contribution in [-0.2, 0) is 4.79 Å². The summed E-state index contributed by atoms with van der Waals surface area (Å²) in [6, 6.07) is 9.94. The van der Waals surface area contributed by atoms with Gasteiger partial charge in [0, 0.05) is 11.6 Å². The first kappa shape index (κ1) is 21.5. The molecule has 0 heterocycles. The average molecular weight is 401 g/mol. The molecule has 2 N–H and O–H groups in total. The Bertz CT molecular complexity index is 876. The summed E-state index contributed by atoms with van der Waals surface area (Å²) in [4.78, 5) is 24.2. The van der Waals surface area contributed by atoms with Crippen molar-refractivity contribution >= 4 is 18.0 Å². The Morgan fingerprint density at radius 3 is 2.14 bits per heavy atom. The van der Waals surface area contributed by atoms with Crippen LogP contribution in [0.15, 0.2) is 41.5 Å². The van der Waals surface area contributed by atoms with Gasteiger partial charge in [0.25, 0.3) is 11.8 Å². The second-order valence-corrected chi connectivity index (χ2v) is 5.69. The Morgan fingerprint density at radius 1 is 0.897 bits per heavy atom. The molecular formula is C20H23N3O6. The first-order chi connectivity index (χ1) is 14.0. The number of nitrogens with zero attached hydrogens (tertiary/aromatic N) is 1. The molecule has 0 aliphatic rings. The molecule has 0 saturated heterocycles. The van der Waals surface area contributed by atoms with E-state index in [0.29, 0.717) is 34.1 Å². The molecule has 2 rings (SSSR count). The highest BCUT2D eigenvalue weighted by Gasteiger charge is 2.11. The van der Waals surface area contributed by atoms with Crippen molar-refractivity contribution in [3.63, 3.8) is 0 Å². The number of amides is 2. The van der Waals surface area contributed by atoms with Crippen LogP contribution in [0.4, 0.5) is 0 Å². The van der Waals surface area contributed by atoms with Crippen LogP contribution >= 0.6 is 0 Å². The van der Waals surface area contributed by atoms with Crippen LogP contribution in [0.5, 0.6) is 23.0 Å². The Hall–Kier alpha value is -3.75. The fourth-order valence-corrected chi connectivity index (χ4v) is 2.35. The smallest absolute Gasteiger partial charge is 0.259 e. The van der Waals surface area contributed by atoms with Gasteiger partial charge < -0.3 is 24.3 Å². The standard InChI is InChI=1S/C20H23N3O6/c1-26-15-8-14(9-16(10-15)27-2)20(25)21-12-19(24)23-22-11-13-5-6-17(28-3)18(7-13)29-4/h5-11H,12H2,1-4H3,(H,21,25)(H,23,24)/b22-11-. The van der Waals surface area contributed by atoms with Gasteiger partial charge in [0.15, 0.2) is 11.5 Å². The second-order valence-electron chi connectivity index (χ2n) is 5.69. The van der Waals surface area contributed by atoms with E-state index in [1.807, 2.05) is 0 Å². The maximum Gasteiger partial charge on any atom is 0.259 e. The molecule has 0 aliphatic carbocycles. The number of carbonyl (C=O) groups excluding carboxylic acids is 2. The predicted octanol–water partition coefficient (Wildman–Crippen LogP) is 1.60. The first-order valence-corrected chi connectivity index (χ1v) is 8.56.